The highest BCUT2D eigenvalue weighted by Gasteiger charge is 2.16. The number of nitrogens with zero attached hydrogens (tertiary/aromatic N) is 3. The zero-order valence-electron chi connectivity index (χ0n) is 11.0. The number of carbonyl (C=O) groups is 1. The van der Waals surface area contributed by atoms with Gasteiger partial charge in [-0.3, -0.25) is 9.78 Å². The molecule has 1 heterocycles. The molecule has 100 valence electrons. The minimum Gasteiger partial charge on any atom is -0.480 e. The van der Waals surface area contributed by atoms with E-state index in [4.69, 9.17) is 9.84 Å². The van der Waals surface area contributed by atoms with E-state index >= 15 is 0 Å². The summed E-state index contributed by atoms with van der Waals surface area (Å²) in [5, 5.41) is 8.88. The van der Waals surface area contributed by atoms with Gasteiger partial charge in [-0.2, -0.15) is 4.98 Å². The van der Waals surface area contributed by atoms with Crippen molar-refractivity contribution in [2.24, 2.45) is 0 Å². The maximum atomic E-state index is 10.8. The van der Waals surface area contributed by atoms with E-state index in [2.05, 4.69) is 9.97 Å². The summed E-state index contributed by atoms with van der Waals surface area (Å²) in [5.41, 5.74) is 0. The SMILES string of the molecule is CCCOc1cncc(N(CC(=O)O)C(C)C)n1. The molecule has 0 atom stereocenters. The molecule has 0 bridgehead atoms. The van der Waals surface area contributed by atoms with Crippen LogP contribution in [0, 0.1) is 0 Å². The first kappa shape index (κ1) is 14.2. The molecule has 0 saturated heterocycles. The summed E-state index contributed by atoms with van der Waals surface area (Å²) in [5.74, 6) is 0.0387. The molecule has 0 aromatic carbocycles. The maximum Gasteiger partial charge on any atom is 0.323 e. The van der Waals surface area contributed by atoms with Crippen LogP contribution in [-0.2, 0) is 4.79 Å². The number of anilines is 1. The van der Waals surface area contributed by atoms with Crippen molar-refractivity contribution in [1.29, 1.82) is 0 Å². The second kappa shape index (κ2) is 6.78. The molecule has 0 saturated carbocycles. The van der Waals surface area contributed by atoms with E-state index in [1.54, 1.807) is 11.1 Å². The fourth-order valence-corrected chi connectivity index (χ4v) is 1.43. The van der Waals surface area contributed by atoms with Gasteiger partial charge >= 0.3 is 5.97 Å². The lowest BCUT2D eigenvalue weighted by Gasteiger charge is -2.25. The van der Waals surface area contributed by atoms with Crippen molar-refractivity contribution in [3.63, 3.8) is 0 Å². The molecule has 0 amide bonds. The Morgan fingerprint density at radius 2 is 2.22 bits per heavy atom. The molecule has 0 spiro atoms. The van der Waals surface area contributed by atoms with Crippen LogP contribution in [0.5, 0.6) is 5.88 Å². The van der Waals surface area contributed by atoms with Gasteiger partial charge in [-0.25, -0.2) is 0 Å². The van der Waals surface area contributed by atoms with E-state index in [9.17, 15) is 4.79 Å². The Kier molecular flexibility index (Phi) is 5.35. The third kappa shape index (κ3) is 4.20. The first-order chi connectivity index (χ1) is 8.54. The van der Waals surface area contributed by atoms with Crippen LogP contribution >= 0.6 is 0 Å². The number of hydrogen-bond acceptors (Lipinski definition) is 5. The smallest absolute Gasteiger partial charge is 0.323 e. The average Bonchev–Trinajstić information content (AvgIpc) is 2.33. The van der Waals surface area contributed by atoms with Crippen LogP contribution < -0.4 is 9.64 Å². The van der Waals surface area contributed by atoms with Crippen molar-refractivity contribution >= 4 is 11.8 Å². The highest BCUT2D eigenvalue weighted by molar-refractivity contribution is 5.73. The molecule has 0 aliphatic heterocycles. The second-order valence-corrected chi connectivity index (χ2v) is 4.18. The minimum absolute atomic E-state index is 0.0248. The molecule has 18 heavy (non-hydrogen) atoms. The number of ether oxygens (including phenoxy) is 1. The summed E-state index contributed by atoms with van der Waals surface area (Å²) in [6, 6.07) is 0.0248. The van der Waals surface area contributed by atoms with E-state index in [-0.39, 0.29) is 12.6 Å². The van der Waals surface area contributed by atoms with Gasteiger partial charge in [-0.05, 0) is 20.3 Å². The molecule has 1 aromatic rings. The van der Waals surface area contributed by atoms with Gasteiger partial charge in [0.15, 0.2) is 5.82 Å². The van der Waals surface area contributed by atoms with E-state index in [0.29, 0.717) is 18.3 Å². The van der Waals surface area contributed by atoms with Crippen molar-refractivity contribution in [3.8, 4) is 5.88 Å². The zero-order valence-corrected chi connectivity index (χ0v) is 11.0. The van der Waals surface area contributed by atoms with Gasteiger partial charge in [0.25, 0.3) is 0 Å². The molecule has 1 N–H and O–H groups in total. The van der Waals surface area contributed by atoms with Crippen LogP contribution in [0.1, 0.15) is 27.2 Å². The van der Waals surface area contributed by atoms with E-state index in [1.165, 1.54) is 6.20 Å². The zero-order chi connectivity index (χ0) is 13.5. The first-order valence-corrected chi connectivity index (χ1v) is 5.97. The topological polar surface area (TPSA) is 75.5 Å². The number of carboxylic acid groups (broad SMARTS) is 1. The van der Waals surface area contributed by atoms with Crippen molar-refractivity contribution in [1.82, 2.24) is 9.97 Å². The monoisotopic (exact) mass is 253 g/mol. The summed E-state index contributed by atoms with van der Waals surface area (Å²) in [7, 11) is 0. The maximum absolute atomic E-state index is 10.8. The Hall–Kier alpha value is -1.85. The molecular weight excluding hydrogens is 234 g/mol. The van der Waals surface area contributed by atoms with Crippen molar-refractivity contribution in [3.05, 3.63) is 12.4 Å². The Morgan fingerprint density at radius 3 is 2.78 bits per heavy atom. The summed E-state index contributed by atoms with van der Waals surface area (Å²) < 4.78 is 5.38. The van der Waals surface area contributed by atoms with Crippen molar-refractivity contribution < 1.29 is 14.6 Å². The lowest BCUT2D eigenvalue weighted by Crippen LogP contribution is -2.36. The lowest BCUT2D eigenvalue weighted by atomic mass is 10.3. The van der Waals surface area contributed by atoms with Crippen LogP contribution in [0.25, 0.3) is 0 Å². The summed E-state index contributed by atoms with van der Waals surface area (Å²) in [4.78, 5) is 20.8. The third-order valence-electron chi connectivity index (χ3n) is 2.28. The van der Waals surface area contributed by atoms with Gasteiger partial charge in [-0.15, -0.1) is 0 Å². The summed E-state index contributed by atoms with van der Waals surface area (Å²) in [6.07, 6.45) is 3.95. The van der Waals surface area contributed by atoms with Crippen LogP contribution in [0.15, 0.2) is 12.4 Å². The molecule has 0 unspecified atom stereocenters. The average molecular weight is 253 g/mol. The van der Waals surface area contributed by atoms with Crippen molar-refractivity contribution in [2.45, 2.75) is 33.2 Å². The predicted octanol–water partition coefficient (Wildman–Crippen LogP) is 1.56. The Labute approximate surface area is 107 Å². The molecule has 6 heteroatoms. The fraction of sp³-hybridized carbons (Fsp3) is 0.583. The number of hydrogen-bond donors (Lipinski definition) is 1. The highest BCUT2D eigenvalue weighted by atomic mass is 16.5. The van der Waals surface area contributed by atoms with Crippen LogP contribution in [-0.4, -0.2) is 40.2 Å². The van der Waals surface area contributed by atoms with Gasteiger partial charge in [0.05, 0.1) is 19.0 Å². The van der Waals surface area contributed by atoms with Gasteiger partial charge in [0.1, 0.15) is 6.54 Å². The molecule has 0 radical (unpaired) electrons. The molecule has 6 nitrogen and oxygen atoms in total. The summed E-state index contributed by atoms with van der Waals surface area (Å²) in [6.45, 7) is 6.28. The lowest BCUT2D eigenvalue weighted by molar-refractivity contribution is -0.135. The minimum atomic E-state index is -0.898. The predicted molar refractivity (Wildman–Crippen MR) is 67.9 cm³/mol. The summed E-state index contributed by atoms with van der Waals surface area (Å²) >= 11 is 0. The standard InChI is InChI=1S/C12H19N3O3/c1-4-5-18-11-7-13-6-10(14-11)15(9(2)3)8-12(16)17/h6-7,9H,4-5,8H2,1-3H3,(H,16,17). The second-order valence-electron chi connectivity index (χ2n) is 4.18. The Bertz CT molecular complexity index is 396. The Morgan fingerprint density at radius 1 is 1.50 bits per heavy atom. The molecule has 0 fully saturated rings. The van der Waals surface area contributed by atoms with Gasteiger partial charge < -0.3 is 14.7 Å². The molecule has 1 aromatic heterocycles. The molecule has 0 aliphatic carbocycles. The fourth-order valence-electron chi connectivity index (χ4n) is 1.43. The third-order valence-corrected chi connectivity index (χ3v) is 2.28. The normalized spacial score (nSPS) is 10.4. The van der Waals surface area contributed by atoms with Crippen LogP contribution in [0.2, 0.25) is 0 Å². The number of carboxylic acids is 1. The number of aromatic nitrogens is 2. The van der Waals surface area contributed by atoms with Crippen LogP contribution in [0.3, 0.4) is 0 Å². The highest BCUT2D eigenvalue weighted by Crippen LogP contribution is 2.16. The Balaban J connectivity index is 2.87. The molecule has 1 rings (SSSR count). The molecular formula is C12H19N3O3. The molecule has 0 aliphatic rings. The number of rotatable bonds is 7. The van der Waals surface area contributed by atoms with Gasteiger partial charge in [0, 0.05) is 6.04 Å². The first-order valence-electron chi connectivity index (χ1n) is 5.97. The van der Waals surface area contributed by atoms with Crippen LogP contribution in [0.4, 0.5) is 5.82 Å². The van der Waals surface area contributed by atoms with Crippen molar-refractivity contribution in [2.75, 3.05) is 18.1 Å². The van der Waals surface area contributed by atoms with E-state index in [1.807, 2.05) is 20.8 Å². The largest absolute Gasteiger partial charge is 0.480 e. The van der Waals surface area contributed by atoms with E-state index < -0.39 is 5.97 Å². The quantitative estimate of drug-likeness (QED) is 0.794. The van der Waals surface area contributed by atoms with E-state index in [0.717, 1.165) is 6.42 Å². The number of aliphatic carboxylic acids is 1. The van der Waals surface area contributed by atoms with Gasteiger partial charge in [-0.1, -0.05) is 6.92 Å². The van der Waals surface area contributed by atoms with Gasteiger partial charge in [0.2, 0.25) is 5.88 Å².